The number of halogens is 1. The van der Waals surface area contributed by atoms with E-state index in [9.17, 15) is 9.18 Å². The summed E-state index contributed by atoms with van der Waals surface area (Å²) in [6.07, 6.45) is 0. The zero-order valence-corrected chi connectivity index (χ0v) is 19.8. The summed E-state index contributed by atoms with van der Waals surface area (Å²) in [5, 5.41) is 7.32. The van der Waals surface area contributed by atoms with Crippen LogP contribution in [0.25, 0.3) is 17.1 Å². The number of aryl methyl sites for hydroxylation is 2. The van der Waals surface area contributed by atoms with Gasteiger partial charge in [0, 0.05) is 11.3 Å². The molecule has 0 aliphatic heterocycles. The Hall–Kier alpha value is -4.78. The summed E-state index contributed by atoms with van der Waals surface area (Å²) in [4.78, 5) is 17.6. The lowest BCUT2D eigenvalue weighted by atomic mass is 10.1. The molecule has 1 N–H and O–H groups in total. The van der Waals surface area contributed by atoms with Gasteiger partial charge in [-0.3, -0.25) is 4.79 Å². The van der Waals surface area contributed by atoms with Gasteiger partial charge in [-0.15, -0.1) is 5.10 Å². The van der Waals surface area contributed by atoms with Crippen LogP contribution in [0.1, 0.15) is 21.7 Å². The van der Waals surface area contributed by atoms with E-state index in [1.807, 2.05) is 62.4 Å². The number of nitrogens with one attached hydrogen (secondary N) is 1. The molecular weight excluding hydrogens is 455 g/mol. The SMILES string of the molecule is Cc1ccc(-n2nc(C(=O)Nc3ccc(Oc4ccccc4)cc3)nc2-c2ccc(F)cc2)cc1C. The van der Waals surface area contributed by atoms with Crippen molar-refractivity contribution in [2.24, 2.45) is 0 Å². The van der Waals surface area contributed by atoms with Crippen LogP contribution in [0.15, 0.2) is 97.1 Å². The Labute approximate surface area is 208 Å². The maximum atomic E-state index is 13.5. The summed E-state index contributed by atoms with van der Waals surface area (Å²) in [7, 11) is 0. The Balaban J connectivity index is 1.42. The average molecular weight is 479 g/mol. The standard InChI is InChI=1S/C29H23FN4O2/c1-19-8-15-24(18-20(19)2)34-28(21-9-11-22(30)12-10-21)32-27(33-34)29(35)31-23-13-16-26(17-14-23)36-25-6-4-3-5-7-25/h3-18H,1-2H3,(H,31,35). The number of hydrogen-bond acceptors (Lipinski definition) is 4. The fourth-order valence-electron chi connectivity index (χ4n) is 3.65. The molecule has 178 valence electrons. The van der Waals surface area contributed by atoms with Gasteiger partial charge in [-0.2, -0.15) is 0 Å². The van der Waals surface area contributed by atoms with Crippen LogP contribution in [0.3, 0.4) is 0 Å². The van der Waals surface area contributed by atoms with Crippen molar-refractivity contribution >= 4 is 11.6 Å². The molecule has 5 rings (SSSR count). The highest BCUT2D eigenvalue weighted by atomic mass is 19.1. The van der Waals surface area contributed by atoms with Crippen molar-refractivity contribution in [2.75, 3.05) is 5.32 Å². The number of carbonyl (C=O) groups excluding carboxylic acids is 1. The fraction of sp³-hybridized carbons (Fsp3) is 0.0690. The largest absolute Gasteiger partial charge is 0.457 e. The molecule has 0 spiro atoms. The van der Waals surface area contributed by atoms with Crippen LogP contribution >= 0.6 is 0 Å². The first kappa shape index (κ1) is 23.0. The van der Waals surface area contributed by atoms with Crippen molar-refractivity contribution in [3.63, 3.8) is 0 Å². The molecule has 0 unspecified atom stereocenters. The Morgan fingerprint density at radius 2 is 1.53 bits per heavy atom. The lowest BCUT2D eigenvalue weighted by molar-refractivity contribution is 0.101. The lowest BCUT2D eigenvalue weighted by Gasteiger charge is -2.08. The topological polar surface area (TPSA) is 69.0 Å². The predicted molar refractivity (Wildman–Crippen MR) is 137 cm³/mol. The second kappa shape index (κ2) is 9.84. The minimum absolute atomic E-state index is 0.00262. The van der Waals surface area contributed by atoms with Crippen molar-refractivity contribution in [1.29, 1.82) is 0 Å². The minimum Gasteiger partial charge on any atom is -0.457 e. The molecule has 0 aliphatic carbocycles. The van der Waals surface area contributed by atoms with E-state index >= 15 is 0 Å². The van der Waals surface area contributed by atoms with Crippen LogP contribution in [0.4, 0.5) is 10.1 Å². The van der Waals surface area contributed by atoms with Gasteiger partial charge in [-0.25, -0.2) is 14.1 Å². The quantitative estimate of drug-likeness (QED) is 0.294. The maximum absolute atomic E-state index is 13.5. The van der Waals surface area contributed by atoms with Crippen molar-refractivity contribution in [1.82, 2.24) is 14.8 Å². The average Bonchev–Trinajstić information content (AvgIpc) is 3.34. The molecule has 0 aliphatic rings. The summed E-state index contributed by atoms with van der Waals surface area (Å²) in [6.45, 7) is 4.03. The first-order valence-corrected chi connectivity index (χ1v) is 11.4. The number of nitrogens with zero attached hydrogens (tertiary/aromatic N) is 3. The van der Waals surface area contributed by atoms with Crippen LogP contribution < -0.4 is 10.1 Å². The van der Waals surface area contributed by atoms with Crippen LogP contribution in [-0.4, -0.2) is 20.7 Å². The number of benzene rings is 4. The fourth-order valence-corrected chi connectivity index (χ4v) is 3.65. The van der Waals surface area contributed by atoms with Crippen molar-refractivity contribution in [3.8, 4) is 28.6 Å². The smallest absolute Gasteiger partial charge is 0.295 e. The Kier molecular flexibility index (Phi) is 6.28. The van der Waals surface area contributed by atoms with E-state index < -0.39 is 5.91 Å². The first-order chi connectivity index (χ1) is 17.5. The molecule has 6 nitrogen and oxygen atoms in total. The van der Waals surface area contributed by atoms with Crippen LogP contribution in [0, 0.1) is 19.7 Å². The van der Waals surface area contributed by atoms with Gasteiger partial charge in [0.15, 0.2) is 5.82 Å². The number of para-hydroxylation sites is 1. The molecule has 0 radical (unpaired) electrons. The molecule has 1 heterocycles. The van der Waals surface area contributed by atoms with Gasteiger partial charge in [0.25, 0.3) is 5.91 Å². The first-order valence-electron chi connectivity index (χ1n) is 11.4. The number of aromatic nitrogens is 3. The van der Waals surface area contributed by atoms with Gasteiger partial charge in [-0.1, -0.05) is 24.3 Å². The third kappa shape index (κ3) is 5.00. The molecule has 36 heavy (non-hydrogen) atoms. The summed E-state index contributed by atoms with van der Waals surface area (Å²) in [6, 6.07) is 28.3. The van der Waals surface area contributed by atoms with E-state index in [4.69, 9.17) is 4.74 Å². The highest BCUT2D eigenvalue weighted by Gasteiger charge is 2.19. The number of rotatable bonds is 6. The molecule has 0 saturated heterocycles. The number of anilines is 1. The number of amides is 1. The van der Waals surface area contributed by atoms with E-state index in [1.54, 1.807) is 41.1 Å². The zero-order valence-electron chi connectivity index (χ0n) is 19.8. The van der Waals surface area contributed by atoms with E-state index in [1.165, 1.54) is 12.1 Å². The minimum atomic E-state index is -0.460. The molecule has 7 heteroatoms. The Bertz CT molecular complexity index is 1510. The predicted octanol–water partition coefficient (Wildman–Crippen LogP) is 6.73. The molecule has 1 amide bonds. The second-order valence-electron chi connectivity index (χ2n) is 8.34. The highest BCUT2D eigenvalue weighted by molar-refractivity contribution is 6.01. The van der Waals surface area contributed by atoms with Crippen molar-refractivity contribution in [3.05, 3.63) is 120 Å². The van der Waals surface area contributed by atoms with Crippen molar-refractivity contribution in [2.45, 2.75) is 13.8 Å². The van der Waals surface area contributed by atoms with Crippen LogP contribution in [0.2, 0.25) is 0 Å². The molecular formula is C29H23FN4O2. The third-order valence-electron chi connectivity index (χ3n) is 5.74. The molecule has 0 fully saturated rings. The molecule has 0 saturated carbocycles. The van der Waals surface area contributed by atoms with Crippen LogP contribution in [0.5, 0.6) is 11.5 Å². The van der Waals surface area contributed by atoms with Gasteiger partial charge in [0.05, 0.1) is 5.69 Å². The summed E-state index contributed by atoms with van der Waals surface area (Å²) in [5.41, 5.74) is 4.19. The van der Waals surface area contributed by atoms with Gasteiger partial charge in [0.1, 0.15) is 17.3 Å². The van der Waals surface area contributed by atoms with E-state index in [0.717, 1.165) is 22.6 Å². The maximum Gasteiger partial charge on any atom is 0.295 e. The zero-order chi connectivity index (χ0) is 25.1. The van der Waals surface area contributed by atoms with E-state index in [2.05, 4.69) is 15.4 Å². The lowest BCUT2D eigenvalue weighted by Crippen LogP contribution is -2.14. The molecule has 4 aromatic carbocycles. The Morgan fingerprint density at radius 3 is 2.22 bits per heavy atom. The van der Waals surface area contributed by atoms with Gasteiger partial charge >= 0.3 is 0 Å². The monoisotopic (exact) mass is 478 g/mol. The molecule has 5 aromatic rings. The Morgan fingerprint density at radius 1 is 0.833 bits per heavy atom. The van der Waals surface area contributed by atoms with Crippen LogP contribution in [-0.2, 0) is 0 Å². The van der Waals surface area contributed by atoms with Crippen molar-refractivity contribution < 1.29 is 13.9 Å². The number of ether oxygens (including phenoxy) is 1. The van der Waals surface area contributed by atoms with E-state index in [-0.39, 0.29) is 11.6 Å². The second-order valence-corrected chi connectivity index (χ2v) is 8.34. The molecule has 0 atom stereocenters. The van der Waals surface area contributed by atoms with Gasteiger partial charge < -0.3 is 10.1 Å². The van der Waals surface area contributed by atoms with E-state index in [0.29, 0.717) is 22.8 Å². The third-order valence-corrected chi connectivity index (χ3v) is 5.74. The van der Waals surface area contributed by atoms with Gasteiger partial charge in [-0.05, 0) is 97.8 Å². The summed E-state index contributed by atoms with van der Waals surface area (Å²) >= 11 is 0. The highest BCUT2D eigenvalue weighted by Crippen LogP contribution is 2.25. The molecule has 1 aromatic heterocycles. The number of hydrogen-bond donors (Lipinski definition) is 1. The summed E-state index contributed by atoms with van der Waals surface area (Å²) < 4.78 is 20.9. The summed E-state index contributed by atoms with van der Waals surface area (Å²) in [5.74, 6) is 0.997. The molecule has 0 bridgehead atoms. The van der Waals surface area contributed by atoms with Gasteiger partial charge in [0.2, 0.25) is 5.82 Å². The normalized spacial score (nSPS) is 10.8. The number of carbonyl (C=O) groups is 1.